The van der Waals surface area contributed by atoms with Gasteiger partial charge in [0.15, 0.2) is 0 Å². The molecule has 2 unspecified atom stereocenters. The molecule has 2 heteroatoms. The standard InChI is InChI=1S/C18H36N2/c1-4-10-16(3)17(19-13-5-2)18(11-6-7-12-18)20-14-8-9-15-20/h16-17,19H,4-15H2,1-3H3. The van der Waals surface area contributed by atoms with Gasteiger partial charge in [0.2, 0.25) is 0 Å². The van der Waals surface area contributed by atoms with Crippen LogP contribution in [0.2, 0.25) is 0 Å². The third-order valence-electron chi connectivity index (χ3n) is 5.71. The van der Waals surface area contributed by atoms with Crippen LogP contribution >= 0.6 is 0 Å². The lowest BCUT2D eigenvalue weighted by Gasteiger charge is -2.48. The molecule has 118 valence electrons. The Labute approximate surface area is 126 Å². The maximum absolute atomic E-state index is 3.97. The van der Waals surface area contributed by atoms with E-state index in [0.29, 0.717) is 11.6 Å². The lowest BCUT2D eigenvalue weighted by atomic mass is 9.77. The van der Waals surface area contributed by atoms with Crippen molar-refractivity contribution in [1.29, 1.82) is 0 Å². The SMILES string of the molecule is CCCNC(C(C)CCC)C1(N2CCCC2)CCCC1. The van der Waals surface area contributed by atoms with Gasteiger partial charge in [-0.3, -0.25) is 4.90 Å². The fourth-order valence-corrected chi connectivity index (χ4v) is 4.82. The average molecular weight is 280 g/mol. The molecule has 0 bridgehead atoms. The van der Waals surface area contributed by atoms with Crippen LogP contribution in [0.15, 0.2) is 0 Å². The summed E-state index contributed by atoms with van der Waals surface area (Å²) in [5.41, 5.74) is 0.486. The lowest BCUT2D eigenvalue weighted by molar-refractivity contribution is 0.0517. The second-order valence-corrected chi connectivity index (χ2v) is 7.20. The van der Waals surface area contributed by atoms with Crippen molar-refractivity contribution in [2.45, 2.75) is 90.1 Å². The van der Waals surface area contributed by atoms with E-state index in [4.69, 9.17) is 0 Å². The van der Waals surface area contributed by atoms with Gasteiger partial charge in [-0.15, -0.1) is 0 Å². The van der Waals surface area contributed by atoms with Crippen LogP contribution in [0.3, 0.4) is 0 Å². The zero-order valence-electron chi connectivity index (χ0n) is 14.1. The molecular formula is C18H36N2. The average Bonchev–Trinajstić information content (AvgIpc) is 3.11. The Morgan fingerprint density at radius 3 is 2.20 bits per heavy atom. The molecule has 0 aromatic heterocycles. The highest BCUT2D eigenvalue weighted by Crippen LogP contribution is 2.42. The predicted molar refractivity (Wildman–Crippen MR) is 88.2 cm³/mol. The van der Waals surface area contributed by atoms with Gasteiger partial charge in [-0.2, -0.15) is 0 Å². The Morgan fingerprint density at radius 2 is 1.65 bits per heavy atom. The number of hydrogen-bond acceptors (Lipinski definition) is 2. The molecule has 2 rings (SSSR count). The van der Waals surface area contributed by atoms with Gasteiger partial charge in [0.05, 0.1) is 0 Å². The van der Waals surface area contributed by atoms with E-state index in [1.54, 1.807) is 0 Å². The van der Waals surface area contributed by atoms with Crippen LogP contribution in [-0.2, 0) is 0 Å². The highest BCUT2D eigenvalue weighted by molar-refractivity contribution is 5.06. The molecule has 0 aromatic carbocycles. The molecule has 1 aliphatic heterocycles. The summed E-state index contributed by atoms with van der Waals surface area (Å²) in [5, 5.41) is 3.97. The first-order valence-electron chi connectivity index (χ1n) is 9.23. The summed E-state index contributed by atoms with van der Waals surface area (Å²) in [5.74, 6) is 0.810. The van der Waals surface area contributed by atoms with Crippen molar-refractivity contribution >= 4 is 0 Å². The Bertz CT molecular complexity index is 265. The first-order valence-corrected chi connectivity index (χ1v) is 9.23. The van der Waals surface area contributed by atoms with Crippen LogP contribution < -0.4 is 5.32 Å². The van der Waals surface area contributed by atoms with E-state index in [9.17, 15) is 0 Å². The molecule has 1 saturated heterocycles. The molecule has 1 saturated carbocycles. The van der Waals surface area contributed by atoms with Crippen molar-refractivity contribution in [1.82, 2.24) is 10.2 Å². The smallest absolute Gasteiger partial charge is 0.0365 e. The quantitative estimate of drug-likeness (QED) is 0.717. The fourth-order valence-electron chi connectivity index (χ4n) is 4.82. The van der Waals surface area contributed by atoms with Crippen molar-refractivity contribution < 1.29 is 0 Å². The Hall–Kier alpha value is -0.0800. The Balaban J connectivity index is 2.16. The van der Waals surface area contributed by atoms with Gasteiger partial charge in [-0.1, -0.05) is 40.0 Å². The van der Waals surface area contributed by atoms with Gasteiger partial charge in [-0.05, 0) is 64.1 Å². The monoisotopic (exact) mass is 280 g/mol. The van der Waals surface area contributed by atoms with Crippen LogP contribution in [0, 0.1) is 5.92 Å². The first-order chi connectivity index (χ1) is 9.74. The molecule has 1 heterocycles. The minimum atomic E-state index is 0.486. The zero-order chi connectivity index (χ0) is 14.4. The minimum absolute atomic E-state index is 0.486. The summed E-state index contributed by atoms with van der Waals surface area (Å²) in [6, 6.07) is 0.711. The molecule has 0 radical (unpaired) electrons. The molecule has 0 aromatic rings. The third kappa shape index (κ3) is 3.39. The molecule has 2 nitrogen and oxygen atoms in total. The van der Waals surface area contributed by atoms with Crippen LogP contribution in [0.1, 0.15) is 78.6 Å². The number of nitrogens with one attached hydrogen (secondary N) is 1. The highest BCUT2D eigenvalue weighted by Gasteiger charge is 2.47. The van der Waals surface area contributed by atoms with Crippen molar-refractivity contribution in [2.24, 2.45) is 5.92 Å². The van der Waals surface area contributed by atoms with Crippen molar-refractivity contribution in [3.63, 3.8) is 0 Å². The molecule has 2 fully saturated rings. The van der Waals surface area contributed by atoms with Crippen molar-refractivity contribution in [2.75, 3.05) is 19.6 Å². The zero-order valence-corrected chi connectivity index (χ0v) is 14.1. The van der Waals surface area contributed by atoms with Crippen LogP contribution in [0.4, 0.5) is 0 Å². The minimum Gasteiger partial charge on any atom is -0.312 e. The summed E-state index contributed by atoms with van der Waals surface area (Å²) in [6.07, 6.45) is 12.5. The summed E-state index contributed by atoms with van der Waals surface area (Å²) in [6.45, 7) is 11.0. The second kappa shape index (κ2) is 7.79. The van der Waals surface area contributed by atoms with Gasteiger partial charge < -0.3 is 5.32 Å². The van der Waals surface area contributed by atoms with Crippen LogP contribution in [0.5, 0.6) is 0 Å². The molecule has 2 aliphatic rings. The summed E-state index contributed by atoms with van der Waals surface area (Å²) in [7, 11) is 0. The normalized spacial score (nSPS) is 25.9. The third-order valence-corrected chi connectivity index (χ3v) is 5.71. The summed E-state index contributed by atoms with van der Waals surface area (Å²) >= 11 is 0. The summed E-state index contributed by atoms with van der Waals surface area (Å²) in [4.78, 5) is 2.87. The van der Waals surface area contributed by atoms with Crippen molar-refractivity contribution in [3.8, 4) is 0 Å². The first kappa shape index (κ1) is 16.3. The largest absolute Gasteiger partial charge is 0.312 e. The van der Waals surface area contributed by atoms with Crippen molar-refractivity contribution in [3.05, 3.63) is 0 Å². The number of nitrogens with zero attached hydrogens (tertiary/aromatic N) is 1. The molecule has 20 heavy (non-hydrogen) atoms. The second-order valence-electron chi connectivity index (χ2n) is 7.20. The molecule has 0 spiro atoms. The van der Waals surface area contributed by atoms with E-state index in [-0.39, 0.29) is 0 Å². The highest BCUT2D eigenvalue weighted by atomic mass is 15.2. The molecule has 1 N–H and O–H groups in total. The van der Waals surface area contributed by atoms with Gasteiger partial charge in [0.1, 0.15) is 0 Å². The maximum atomic E-state index is 3.97. The van der Waals surface area contributed by atoms with Gasteiger partial charge in [0.25, 0.3) is 0 Å². The summed E-state index contributed by atoms with van der Waals surface area (Å²) < 4.78 is 0. The lowest BCUT2D eigenvalue weighted by Crippen LogP contribution is -2.61. The van der Waals surface area contributed by atoms with Crippen LogP contribution in [-0.4, -0.2) is 36.1 Å². The Morgan fingerprint density at radius 1 is 1.00 bits per heavy atom. The van der Waals surface area contributed by atoms with E-state index in [1.165, 1.54) is 77.4 Å². The van der Waals surface area contributed by atoms with Crippen LogP contribution in [0.25, 0.3) is 0 Å². The maximum Gasteiger partial charge on any atom is 0.0365 e. The van der Waals surface area contributed by atoms with E-state index in [2.05, 4.69) is 31.0 Å². The fraction of sp³-hybridized carbons (Fsp3) is 1.00. The Kier molecular flexibility index (Phi) is 6.35. The van der Waals surface area contributed by atoms with E-state index < -0.39 is 0 Å². The van der Waals surface area contributed by atoms with E-state index in [0.717, 1.165) is 5.92 Å². The molecule has 0 amide bonds. The molecule has 2 atom stereocenters. The predicted octanol–water partition coefficient (Wildman–Crippen LogP) is 4.20. The molecule has 1 aliphatic carbocycles. The number of hydrogen-bond donors (Lipinski definition) is 1. The molecular weight excluding hydrogens is 244 g/mol. The number of rotatable bonds is 8. The van der Waals surface area contributed by atoms with Gasteiger partial charge >= 0.3 is 0 Å². The topological polar surface area (TPSA) is 15.3 Å². The number of likely N-dealkylation sites (tertiary alicyclic amines) is 1. The van der Waals surface area contributed by atoms with Gasteiger partial charge in [-0.25, -0.2) is 0 Å². The van der Waals surface area contributed by atoms with Gasteiger partial charge in [0, 0.05) is 11.6 Å². The van der Waals surface area contributed by atoms with E-state index in [1.807, 2.05) is 0 Å². The van der Waals surface area contributed by atoms with E-state index >= 15 is 0 Å².